The van der Waals surface area contributed by atoms with Gasteiger partial charge < -0.3 is 24.2 Å². The fraction of sp³-hybridized carbons (Fsp3) is 0.382. The maximum Gasteiger partial charge on any atom is 0.268 e. The van der Waals surface area contributed by atoms with Gasteiger partial charge in [0.2, 0.25) is 14.3 Å². The Morgan fingerprint density at radius 1 is 1.07 bits per heavy atom. The summed E-state index contributed by atoms with van der Waals surface area (Å²) in [7, 11) is -3.50. The van der Waals surface area contributed by atoms with Crippen LogP contribution in [-0.2, 0) is 19.9 Å². The number of nitrogens with one attached hydrogen (secondary N) is 1. The summed E-state index contributed by atoms with van der Waals surface area (Å²) in [4.78, 5) is 44.6. The number of carbonyl (C=O) groups excluding carboxylic acids is 3. The number of hydrogen-bond acceptors (Lipinski definition) is 5. The number of aliphatic hydroxyl groups excluding tert-OH is 1. The van der Waals surface area contributed by atoms with Crippen LogP contribution in [0.2, 0.25) is 18.6 Å². The largest absolute Gasteiger partial charge is 0.394 e. The number of halogens is 1. The third-order valence-electron chi connectivity index (χ3n) is 9.46. The first-order valence-electron chi connectivity index (χ1n) is 15.2. The number of hydrogen-bond donors (Lipinski definition) is 2. The fourth-order valence-corrected chi connectivity index (χ4v) is 10.0. The van der Waals surface area contributed by atoms with Gasteiger partial charge in [0.1, 0.15) is 0 Å². The van der Waals surface area contributed by atoms with Gasteiger partial charge in [0.15, 0.2) is 5.60 Å². The highest BCUT2D eigenvalue weighted by molar-refractivity contribution is 6.72. The Morgan fingerprint density at radius 2 is 1.75 bits per heavy atom. The Bertz CT molecular complexity index is 1570. The van der Waals surface area contributed by atoms with Crippen LogP contribution in [0.3, 0.4) is 0 Å². The third kappa shape index (κ3) is 5.04. The van der Waals surface area contributed by atoms with Crippen molar-refractivity contribution in [3.63, 3.8) is 0 Å². The summed E-state index contributed by atoms with van der Waals surface area (Å²) in [6, 6.07) is 23.1. The SMILES string of the molecule is C[C@H]1[C@H]([Si](C)(C)F)[C@@H](CC(=O)N2CCC[C@H]2CO)O[C@]12C(=O)N(c1ccccc1)c1ccc(NC(=O)c3ccccc3)cc12. The van der Waals surface area contributed by atoms with Crippen molar-refractivity contribution in [3.05, 3.63) is 90.0 Å². The number of nitrogens with zero attached hydrogens (tertiary/aromatic N) is 2. The average Bonchev–Trinajstić information content (AvgIpc) is 3.67. The van der Waals surface area contributed by atoms with Crippen LogP contribution in [0.4, 0.5) is 21.2 Å². The normalized spacial score (nSPS) is 26.3. The number of para-hydroxylation sites is 1. The molecule has 2 saturated heterocycles. The van der Waals surface area contributed by atoms with E-state index in [1.165, 1.54) is 0 Å². The van der Waals surface area contributed by atoms with Gasteiger partial charge in [-0.05, 0) is 68.4 Å². The Balaban J connectivity index is 1.43. The lowest BCUT2D eigenvalue weighted by Crippen LogP contribution is -2.44. The molecule has 6 rings (SSSR count). The Hall–Kier alpha value is -3.86. The molecule has 44 heavy (non-hydrogen) atoms. The molecular weight excluding hydrogens is 577 g/mol. The van der Waals surface area contributed by atoms with Crippen LogP contribution in [-0.4, -0.2) is 61.4 Å². The van der Waals surface area contributed by atoms with Crippen molar-refractivity contribution in [1.82, 2.24) is 4.90 Å². The molecule has 3 aliphatic rings. The zero-order valence-electron chi connectivity index (χ0n) is 25.2. The van der Waals surface area contributed by atoms with Gasteiger partial charge in [0.25, 0.3) is 11.8 Å². The minimum atomic E-state index is -3.50. The smallest absolute Gasteiger partial charge is 0.268 e. The second-order valence-electron chi connectivity index (χ2n) is 12.6. The minimum Gasteiger partial charge on any atom is -0.394 e. The summed E-state index contributed by atoms with van der Waals surface area (Å²) >= 11 is 0. The number of anilines is 3. The highest BCUT2D eigenvalue weighted by Gasteiger charge is 2.67. The number of carbonyl (C=O) groups is 3. The monoisotopic (exact) mass is 615 g/mol. The maximum atomic E-state index is 16.3. The van der Waals surface area contributed by atoms with E-state index < -0.39 is 31.6 Å². The number of amides is 3. The molecule has 10 heteroatoms. The van der Waals surface area contributed by atoms with E-state index in [0.29, 0.717) is 34.7 Å². The molecule has 1 spiro atoms. The molecule has 0 aromatic heterocycles. The highest BCUT2D eigenvalue weighted by Crippen LogP contribution is 2.61. The van der Waals surface area contributed by atoms with Crippen molar-refractivity contribution in [1.29, 1.82) is 0 Å². The zero-order chi connectivity index (χ0) is 31.2. The quantitative estimate of drug-likeness (QED) is 0.260. The molecule has 8 nitrogen and oxygen atoms in total. The van der Waals surface area contributed by atoms with Gasteiger partial charge in [-0.3, -0.25) is 19.3 Å². The summed E-state index contributed by atoms with van der Waals surface area (Å²) in [5, 5.41) is 12.8. The van der Waals surface area contributed by atoms with E-state index in [4.69, 9.17) is 4.74 Å². The molecule has 0 bridgehead atoms. The van der Waals surface area contributed by atoms with Gasteiger partial charge in [0.05, 0.1) is 30.9 Å². The molecule has 3 aliphatic heterocycles. The van der Waals surface area contributed by atoms with E-state index in [1.54, 1.807) is 65.4 Å². The van der Waals surface area contributed by atoms with E-state index in [-0.39, 0.29) is 36.8 Å². The molecule has 2 N–H and O–H groups in total. The standard InChI is InChI=1S/C34H38FN3O5Si/c1-22-31(44(2,3)35)29(20-30(40)37-18-10-15-26(37)21-39)43-34(22)27-19-24(36-32(41)23-11-6-4-7-12-23)16-17-28(27)38(33(34)42)25-13-8-5-9-14-25/h4-9,11-14,16-17,19,22,26,29,31,39H,10,15,18,20-21H2,1-3H3,(H,36,41)/t22-,26-,29+,31-,34+/m0/s1. The number of rotatable bonds is 7. The van der Waals surface area contributed by atoms with Crippen LogP contribution in [0.1, 0.15) is 42.1 Å². The molecule has 3 heterocycles. The van der Waals surface area contributed by atoms with Crippen LogP contribution in [0, 0.1) is 5.92 Å². The minimum absolute atomic E-state index is 0.0774. The Labute approximate surface area is 258 Å². The number of benzene rings is 3. The van der Waals surface area contributed by atoms with Gasteiger partial charge in [-0.1, -0.05) is 43.3 Å². The van der Waals surface area contributed by atoms with E-state index in [9.17, 15) is 19.5 Å². The molecule has 2 fully saturated rings. The Kier molecular flexibility index (Phi) is 7.94. The number of ether oxygens (including phenoxy) is 1. The van der Waals surface area contributed by atoms with E-state index in [2.05, 4.69) is 5.32 Å². The van der Waals surface area contributed by atoms with Crippen LogP contribution >= 0.6 is 0 Å². The molecule has 3 aromatic rings. The fourth-order valence-electron chi connectivity index (χ4n) is 7.52. The number of likely N-dealkylation sites (tertiary alicyclic amines) is 1. The van der Waals surface area contributed by atoms with Crippen LogP contribution in [0.25, 0.3) is 0 Å². The van der Waals surface area contributed by atoms with Crippen molar-refractivity contribution in [2.75, 3.05) is 23.4 Å². The van der Waals surface area contributed by atoms with E-state index >= 15 is 4.11 Å². The van der Waals surface area contributed by atoms with Crippen molar-refractivity contribution in [2.24, 2.45) is 5.92 Å². The van der Waals surface area contributed by atoms with Gasteiger partial charge in [-0.2, -0.15) is 0 Å². The van der Waals surface area contributed by atoms with Crippen LogP contribution in [0.5, 0.6) is 0 Å². The molecule has 230 valence electrons. The summed E-state index contributed by atoms with van der Waals surface area (Å²) in [6.07, 6.45) is 0.604. The predicted octanol–water partition coefficient (Wildman–Crippen LogP) is 5.77. The second kappa shape index (κ2) is 11.6. The molecule has 3 amide bonds. The maximum absolute atomic E-state index is 16.3. The second-order valence-corrected chi connectivity index (χ2v) is 16.4. The third-order valence-corrected chi connectivity index (χ3v) is 11.9. The van der Waals surface area contributed by atoms with Crippen molar-refractivity contribution in [2.45, 2.75) is 62.6 Å². The summed E-state index contributed by atoms with van der Waals surface area (Å²) in [6.45, 7) is 5.46. The van der Waals surface area contributed by atoms with Gasteiger partial charge in [-0.15, -0.1) is 0 Å². The predicted molar refractivity (Wildman–Crippen MR) is 169 cm³/mol. The molecule has 0 saturated carbocycles. The lowest BCUT2D eigenvalue weighted by Gasteiger charge is -2.31. The van der Waals surface area contributed by atoms with Crippen molar-refractivity contribution in [3.8, 4) is 0 Å². The molecule has 0 unspecified atom stereocenters. The summed E-state index contributed by atoms with van der Waals surface area (Å²) in [5.41, 5.74) is 0.520. The number of fused-ring (bicyclic) bond motifs is 2. The lowest BCUT2D eigenvalue weighted by molar-refractivity contribution is -0.149. The van der Waals surface area contributed by atoms with Crippen LogP contribution < -0.4 is 10.2 Å². The van der Waals surface area contributed by atoms with E-state index in [0.717, 1.165) is 12.8 Å². The van der Waals surface area contributed by atoms with Gasteiger partial charge >= 0.3 is 0 Å². The summed E-state index contributed by atoms with van der Waals surface area (Å²) in [5.74, 6) is -1.44. The number of aliphatic hydroxyl groups is 1. The first-order chi connectivity index (χ1) is 21.1. The molecule has 0 radical (unpaired) electrons. The first-order valence-corrected chi connectivity index (χ1v) is 18.2. The van der Waals surface area contributed by atoms with Gasteiger partial charge in [0, 0.05) is 40.5 Å². The van der Waals surface area contributed by atoms with Crippen molar-refractivity contribution >= 4 is 43.2 Å². The lowest BCUT2D eigenvalue weighted by atomic mass is 9.82. The summed E-state index contributed by atoms with van der Waals surface area (Å²) < 4.78 is 23.1. The first kappa shape index (κ1) is 30.2. The van der Waals surface area contributed by atoms with E-state index in [1.807, 2.05) is 43.3 Å². The molecular formula is C34H38FN3O5Si. The average molecular weight is 616 g/mol. The Morgan fingerprint density at radius 3 is 2.41 bits per heavy atom. The van der Waals surface area contributed by atoms with Gasteiger partial charge in [-0.25, -0.2) is 0 Å². The highest BCUT2D eigenvalue weighted by atomic mass is 28.4. The molecule has 5 atom stereocenters. The van der Waals surface area contributed by atoms with Crippen molar-refractivity contribution < 1.29 is 28.3 Å². The topological polar surface area (TPSA) is 99.2 Å². The molecule has 0 aliphatic carbocycles. The van der Waals surface area contributed by atoms with Crippen LogP contribution in [0.15, 0.2) is 78.9 Å². The zero-order valence-corrected chi connectivity index (χ0v) is 26.2. The molecule has 3 aromatic carbocycles.